The minimum absolute atomic E-state index is 0.0467. The average molecular weight is 294 g/mol. The summed E-state index contributed by atoms with van der Waals surface area (Å²) in [5.41, 5.74) is 1.24. The van der Waals surface area contributed by atoms with E-state index in [0.717, 1.165) is 4.90 Å². The second kappa shape index (κ2) is 6.28. The van der Waals surface area contributed by atoms with E-state index in [0.29, 0.717) is 30.0 Å². The van der Waals surface area contributed by atoms with Gasteiger partial charge in [-0.05, 0) is 31.5 Å². The lowest BCUT2D eigenvalue weighted by atomic mass is 10.1. The molecule has 2 amide bonds. The van der Waals surface area contributed by atoms with E-state index in [1.54, 1.807) is 31.0 Å². The molecule has 20 heavy (non-hydrogen) atoms. The Bertz CT molecular complexity index is 531. The van der Waals surface area contributed by atoms with Crippen molar-refractivity contribution in [3.8, 4) is 0 Å². The van der Waals surface area contributed by atoms with E-state index < -0.39 is 6.10 Å². The van der Waals surface area contributed by atoms with Crippen LogP contribution in [0.15, 0.2) is 23.1 Å². The molecule has 1 unspecified atom stereocenters. The van der Waals surface area contributed by atoms with Crippen LogP contribution in [0.1, 0.15) is 23.7 Å². The highest BCUT2D eigenvalue weighted by atomic mass is 32.2. The first-order valence-electron chi connectivity index (χ1n) is 6.47. The van der Waals surface area contributed by atoms with Gasteiger partial charge in [0.05, 0.1) is 17.5 Å². The predicted octanol–water partition coefficient (Wildman–Crippen LogP) is 1.57. The monoisotopic (exact) mass is 294 g/mol. The van der Waals surface area contributed by atoms with Crippen LogP contribution < -0.4 is 5.32 Å². The Morgan fingerprint density at radius 1 is 1.55 bits per heavy atom. The van der Waals surface area contributed by atoms with Crippen molar-refractivity contribution in [1.82, 2.24) is 4.90 Å². The summed E-state index contributed by atoms with van der Waals surface area (Å²) in [4.78, 5) is 26.2. The second-order valence-corrected chi connectivity index (χ2v) is 5.93. The molecule has 1 atom stereocenters. The first kappa shape index (κ1) is 14.9. The molecule has 1 aliphatic heterocycles. The van der Waals surface area contributed by atoms with Crippen LogP contribution in [0.25, 0.3) is 0 Å². The molecule has 0 radical (unpaired) electrons. The molecular weight excluding hydrogens is 276 g/mol. The maximum atomic E-state index is 12.2. The van der Waals surface area contributed by atoms with Crippen LogP contribution in [0.2, 0.25) is 0 Å². The summed E-state index contributed by atoms with van der Waals surface area (Å²) in [6.45, 7) is 2.19. The predicted molar refractivity (Wildman–Crippen MR) is 79.1 cm³/mol. The van der Waals surface area contributed by atoms with E-state index in [4.69, 9.17) is 0 Å². The van der Waals surface area contributed by atoms with Crippen LogP contribution in [0, 0.1) is 0 Å². The van der Waals surface area contributed by atoms with Gasteiger partial charge in [0.1, 0.15) is 0 Å². The first-order valence-corrected chi connectivity index (χ1v) is 7.46. The summed E-state index contributed by atoms with van der Waals surface area (Å²) >= 11 is 1.47. The summed E-state index contributed by atoms with van der Waals surface area (Å²) in [5.74, 6) is 0.252. The van der Waals surface area contributed by atoms with Gasteiger partial charge in [0.2, 0.25) is 5.91 Å². The second-order valence-electron chi connectivity index (χ2n) is 4.91. The van der Waals surface area contributed by atoms with Gasteiger partial charge in [-0.2, -0.15) is 0 Å². The number of aliphatic hydroxyl groups excluding tert-OH is 1. The van der Waals surface area contributed by atoms with Crippen LogP contribution in [-0.2, 0) is 4.79 Å². The van der Waals surface area contributed by atoms with Crippen LogP contribution in [0.3, 0.4) is 0 Å². The number of thioether (sulfide) groups is 1. The Morgan fingerprint density at radius 3 is 3.00 bits per heavy atom. The summed E-state index contributed by atoms with van der Waals surface area (Å²) in [6, 6.07) is 5.33. The summed E-state index contributed by atoms with van der Waals surface area (Å²) < 4.78 is 0. The van der Waals surface area contributed by atoms with Crippen molar-refractivity contribution < 1.29 is 14.7 Å². The lowest BCUT2D eigenvalue weighted by molar-refractivity contribution is -0.113. The molecule has 0 aromatic heterocycles. The fraction of sp³-hybridized carbons (Fsp3) is 0.429. The summed E-state index contributed by atoms with van der Waals surface area (Å²) in [6.07, 6.45) is 0.115. The maximum absolute atomic E-state index is 12.2. The molecule has 108 valence electrons. The quantitative estimate of drug-likeness (QED) is 0.884. The topological polar surface area (TPSA) is 69.6 Å². The minimum atomic E-state index is -0.426. The van der Waals surface area contributed by atoms with Gasteiger partial charge < -0.3 is 15.3 Å². The molecule has 1 aromatic rings. The molecule has 0 saturated carbocycles. The summed E-state index contributed by atoms with van der Waals surface area (Å²) in [7, 11) is 1.71. The molecule has 1 aliphatic rings. The number of anilines is 1. The van der Waals surface area contributed by atoms with Crippen molar-refractivity contribution in [1.29, 1.82) is 0 Å². The van der Waals surface area contributed by atoms with E-state index in [1.807, 2.05) is 6.07 Å². The van der Waals surface area contributed by atoms with Crippen LogP contribution >= 0.6 is 11.8 Å². The van der Waals surface area contributed by atoms with Crippen molar-refractivity contribution in [3.05, 3.63) is 23.8 Å². The first-order chi connectivity index (χ1) is 9.47. The van der Waals surface area contributed by atoms with Crippen LogP contribution in [-0.4, -0.2) is 47.3 Å². The molecule has 0 spiro atoms. The Kier molecular flexibility index (Phi) is 4.67. The Hall–Kier alpha value is -1.53. The maximum Gasteiger partial charge on any atom is 0.253 e. The zero-order valence-electron chi connectivity index (χ0n) is 11.5. The standard InChI is InChI=1S/C14H18N2O3S/c1-9(17)5-6-16(2)14(19)10-3-4-12-11(7-10)15-13(18)8-20-12/h3-4,7,9,17H,5-6,8H2,1-2H3,(H,15,18). The molecule has 5 nitrogen and oxygen atoms in total. The number of rotatable bonds is 4. The fourth-order valence-electron chi connectivity index (χ4n) is 1.92. The number of fused-ring (bicyclic) bond motifs is 1. The SMILES string of the molecule is CC(O)CCN(C)C(=O)c1ccc2c(c1)NC(=O)CS2. The number of hydrogen-bond donors (Lipinski definition) is 2. The zero-order valence-corrected chi connectivity index (χ0v) is 12.4. The van der Waals surface area contributed by atoms with Crippen molar-refractivity contribution in [2.45, 2.75) is 24.3 Å². The Morgan fingerprint density at radius 2 is 2.30 bits per heavy atom. The lowest BCUT2D eigenvalue weighted by Gasteiger charge is -2.20. The molecule has 2 rings (SSSR count). The van der Waals surface area contributed by atoms with Gasteiger partial charge >= 0.3 is 0 Å². The normalized spacial score (nSPS) is 15.2. The van der Waals surface area contributed by atoms with Gasteiger partial charge in [0.15, 0.2) is 0 Å². The molecule has 0 aliphatic carbocycles. The van der Waals surface area contributed by atoms with Crippen molar-refractivity contribution in [2.24, 2.45) is 0 Å². The number of carbonyl (C=O) groups excluding carboxylic acids is 2. The highest BCUT2D eigenvalue weighted by Gasteiger charge is 2.18. The largest absolute Gasteiger partial charge is 0.393 e. The van der Waals surface area contributed by atoms with Crippen molar-refractivity contribution in [2.75, 3.05) is 24.7 Å². The molecule has 0 fully saturated rings. The molecule has 0 saturated heterocycles. The zero-order chi connectivity index (χ0) is 14.7. The van der Waals surface area contributed by atoms with Gasteiger partial charge in [-0.1, -0.05) is 0 Å². The number of aliphatic hydroxyl groups is 1. The van der Waals surface area contributed by atoms with Gasteiger partial charge in [-0.15, -0.1) is 11.8 Å². The Labute approximate surface area is 122 Å². The van der Waals surface area contributed by atoms with E-state index in [-0.39, 0.29) is 11.8 Å². The van der Waals surface area contributed by atoms with Crippen molar-refractivity contribution >= 4 is 29.3 Å². The van der Waals surface area contributed by atoms with Gasteiger partial charge in [0, 0.05) is 24.1 Å². The van der Waals surface area contributed by atoms with E-state index in [2.05, 4.69) is 5.32 Å². The number of nitrogens with one attached hydrogen (secondary N) is 1. The lowest BCUT2D eigenvalue weighted by Crippen LogP contribution is -2.29. The molecule has 1 aromatic carbocycles. The molecule has 6 heteroatoms. The molecular formula is C14H18N2O3S. The Balaban J connectivity index is 2.10. The van der Waals surface area contributed by atoms with E-state index in [1.165, 1.54) is 11.8 Å². The number of hydrogen-bond acceptors (Lipinski definition) is 4. The minimum Gasteiger partial charge on any atom is -0.393 e. The smallest absolute Gasteiger partial charge is 0.253 e. The summed E-state index contributed by atoms with van der Waals surface area (Å²) in [5, 5.41) is 12.0. The highest BCUT2D eigenvalue weighted by molar-refractivity contribution is 8.00. The van der Waals surface area contributed by atoms with Crippen LogP contribution in [0.4, 0.5) is 5.69 Å². The van der Waals surface area contributed by atoms with Gasteiger partial charge in [-0.25, -0.2) is 0 Å². The molecule has 1 heterocycles. The molecule has 0 bridgehead atoms. The third-order valence-electron chi connectivity index (χ3n) is 3.09. The third kappa shape index (κ3) is 3.52. The number of carbonyl (C=O) groups is 2. The van der Waals surface area contributed by atoms with E-state index >= 15 is 0 Å². The molecule has 2 N–H and O–H groups in total. The van der Waals surface area contributed by atoms with Gasteiger partial charge in [0.25, 0.3) is 5.91 Å². The number of nitrogens with zero attached hydrogens (tertiary/aromatic N) is 1. The number of benzene rings is 1. The van der Waals surface area contributed by atoms with Crippen LogP contribution in [0.5, 0.6) is 0 Å². The third-order valence-corrected chi connectivity index (χ3v) is 4.16. The van der Waals surface area contributed by atoms with E-state index in [9.17, 15) is 14.7 Å². The highest BCUT2D eigenvalue weighted by Crippen LogP contribution is 2.32. The number of amides is 2. The average Bonchev–Trinajstić information content (AvgIpc) is 2.43. The van der Waals surface area contributed by atoms with Gasteiger partial charge in [-0.3, -0.25) is 9.59 Å². The fourth-order valence-corrected chi connectivity index (χ4v) is 2.71. The van der Waals surface area contributed by atoms with Crippen molar-refractivity contribution in [3.63, 3.8) is 0 Å².